The highest BCUT2D eigenvalue weighted by atomic mass is 79.9. The molecule has 0 aliphatic rings. The lowest BCUT2D eigenvalue weighted by atomic mass is 10.1. The van der Waals surface area contributed by atoms with Crippen LogP contribution in [0, 0.1) is 0 Å². The molecule has 0 spiro atoms. The maximum Gasteiger partial charge on any atom is 0.418 e. The number of anilines is 1. The van der Waals surface area contributed by atoms with E-state index in [-0.39, 0.29) is 5.69 Å². The fourth-order valence-corrected chi connectivity index (χ4v) is 2.39. The first-order valence-electron chi connectivity index (χ1n) is 6.80. The van der Waals surface area contributed by atoms with Gasteiger partial charge in [-0.3, -0.25) is 4.79 Å². The van der Waals surface area contributed by atoms with Crippen LogP contribution in [0.25, 0.3) is 6.08 Å². The molecule has 3 nitrogen and oxygen atoms in total. The number of amides is 1. The molecule has 0 atom stereocenters. The number of hydrogen-bond acceptors (Lipinski definition) is 2. The van der Waals surface area contributed by atoms with Gasteiger partial charge >= 0.3 is 6.18 Å². The molecule has 0 aliphatic heterocycles. The van der Waals surface area contributed by atoms with E-state index < -0.39 is 17.6 Å². The molecule has 0 bridgehead atoms. The summed E-state index contributed by atoms with van der Waals surface area (Å²) in [6, 6.07) is 10.0. The van der Waals surface area contributed by atoms with E-state index in [0.29, 0.717) is 11.3 Å². The van der Waals surface area contributed by atoms with Crippen molar-refractivity contribution in [3.05, 3.63) is 64.1 Å². The largest absolute Gasteiger partial charge is 0.496 e. The Balaban J connectivity index is 2.19. The summed E-state index contributed by atoms with van der Waals surface area (Å²) in [6.07, 6.45) is -1.92. The topological polar surface area (TPSA) is 38.3 Å². The zero-order valence-corrected chi connectivity index (χ0v) is 14.1. The second kappa shape index (κ2) is 7.53. The molecule has 2 aromatic rings. The highest BCUT2D eigenvalue weighted by molar-refractivity contribution is 9.10. The predicted octanol–water partition coefficient (Wildman–Crippen LogP) is 5.13. The third-order valence-electron chi connectivity index (χ3n) is 3.10. The molecule has 126 valence electrons. The van der Waals surface area contributed by atoms with Crippen LogP contribution in [0.5, 0.6) is 5.75 Å². The maximum absolute atomic E-state index is 12.9. The van der Waals surface area contributed by atoms with Gasteiger partial charge in [0.15, 0.2) is 0 Å². The van der Waals surface area contributed by atoms with E-state index in [1.807, 2.05) is 0 Å². The molecule has 0 unspecified atom stereocenters. The van der Waals surface area contributed by atoms with Gasteiger partial charge in [0.25, 0.3) is 0 Å². The molecule has 0 heterocycles. The lowest BCUT2D eigenvalue weighted by Gasteiger charge is -2.12. The Bertz CT molecular complexity index is 773. The lowest BCUT2D eigenvalue weighted by molar-refractivity contribution is -0.136. The minimum absolute atomic E-state index is 0.291. The predicted molar refractivity (Wildman–Crippen MR) is 89.8 cm³/mol. The van der Waals surface area contributed by atoms with Crippen molar-refractivity contribution < 1.29 is 22.7 Å². The molecule has 7 heteroatoms. The quantitative estimate of drug-likeness (QED) is 0.723. The molecule has 1 N–H and O–H groups in total. The van der Waals surface area contributed by atoms with Crippen molar-refractivity contribution in [1.29, 1.82) is 0 Å². The highest BCUT2D eigenvalue weighted by Crippen LogP contribution is 2.34. The first-order valence-corrected chi connectivity index (χ1v) is 7.59. The second-order valence-corrected chi connectivity index (χ2v) is 5.67. The molecule has 0 saturated heterocycles. The van der Waals surface area contributed by atoms with Gasteiger partial charge in [0.1, 0.15) is 5.75 Å². The van der Waals surface area contributed by atoms with Gasteiger partial charge in [0.05, 0.1) is 18.4 Å². The van der Waals surface area contributed by atoms with Gasteiger partial charge in [-0.05, 0) is 36.4 Å². The average Bonchev–Trinajstić information content (AvgIpc) is 2.52. The number of ether oxygens (including phenoxy) is 1. The number of methoxy groups -OCH3 is 1. The third kappa shape index (κ3) is 4.61. The molecule has 0 aliphatic carbocycles. The number of para-hydroxylation sites is 1. The molecule has 2 aromatic carbocycles. The van der Waals surface area contributed by atoms with Crippen molar-refractivity contribution >= 4 is 33.6 Å². The number of carbonyl (C=O) groups excluding carboxylic acids is 1. The normalized spacial score (nSPS) is 11.5. The zero-order chi connectivity index (χ0) is 17.7. The van der Waals surface area contributed by atoms with Gasteiger partial charge in [0.2, 0.25) is 5.91 Å². The molecule has 24 heavy (non-hydrogen) atoms. The lowest BCUT2D eigenvalue weighted by Crippen LogP contribution is -2.14. The van der Waals surface area contributed by atoms with Crippen molar-refractivity contribution in [3.8, 4) is 5.75 Å². The Kier molecular flexibility index (Phi) is 5.66. The van der Waals surface area contributed by atoms with Crippen LogP contribution in [0.3, 0.4) is 0 Å². The fourth-order valence-electron chi connectivity index (χ4n) is 2.01. The first kappa shape index (κ1) is 18.1. The molecular weight excluding hydrogens is 387 g/mol. The Hall–Kier alpha value is -2.28. The van der Waals surface area contributed by atoms with Crippen LogP contribution in [-0.2, 0) is 11.0 Å². The van der Waals surface area contributed by atoms with Crippen molar-refractivity contribution in [1.82, 2.24) is 0 Å². The SMILES string of the molecule is COc1ccc(Br)cc1C=CC(=O)Nc1ccccc1C(F)(F)F. The smallest absolute Gasteiger partial charge is 0.418 e. The summed E-state index contributed by atoms with van der Waals surface area (Å²) in [7, 11) is 1.49. The monoisotopic (exact) mass is 399 g/mol. The Morgan fingerprint density at radius 3 is 2.58 bits per heavy atom. The van der Waals surface area contributed by atoms with Crippen LogP contribution in [0.1, 0.15) is 11.1 Å². The van der Waals surface area contributed by atoms with Gasteiger partial charge in [0, 0.05) is 16.1 Å². The molecule has 0 fully saturated rings. The standard InChI is InChI=1S/C17H13BrF3NO2/c1-24-15-8-7-12(18)10-11(15)6-9-16(23)22-14-5-3-2-4-13(14)17(19,20)21/h2-10H,1H3,(H,22,23). The van der Waals surface area contributed by atoms with Crippen molar-refractivity contribution in [2.45, 2.75) is 6.18 Å². The summed E-state index contributed by atoms with van der Waals surface area (Å²) < 4.78 is 44.7. The van der Waals surface area contributed by atoms with Gasteiger partial charge in [-0.1, -0.05) is 28.1 Å². The summed E-state index contributed by atoms with van der Waals surface area (Å²) in [5, 5.41) is 2.24. The van der Waals surface area contributed by atoms with Crippen LogP contribution in [0.2, 0.25) is 0 Å². The van der Waals surface area contributed by atoms with Gasteiger partial charge in [-0.25, -0.2) is 0 Å². The third-order valence-corrected chi connectivity index (χ3v) is 3.59. The number of rotatable bonds is 4. The number of benzene rings is 2. The Morgan fingerprint density at radius 2 is 1.92 bits per heavy atom. The molecule has 0 aromatic heterocycles. The van der Waals surface area contributed by atoms with Crippen LogP contribution >= 0.6 is 15.9 Å². The van der Waals surface area contributed by atoms with E-state index in [1.54, 1.807) is 18.2 Å². The van der Waals surface area contributed by atoms with E-state index in [0.717, 1.165) is 16.6 Å². The van der Waals surface area contributed by atoms with Gasteiger partial charge in [-0.15, -0.1) is 0 Å². The number of halogens is 4. The molecular formula is C17H13BrF3NO2. The summed E-state index contributed by atoms with van der Waals surface area (Å²) in [4.78, 5) is 11.9. The van der Waals surface area contributed by atoms with E-state index in [2.05, 4.69) is 21.2 Å². The Morgan fingerprint density at radius 1 is 1.21 bits per heavy atom. The minimum atomic E-state index is -4.54. The number of hydrogen-bond donors (Lipinski definition) is 1. The number of alkyl halides is 3. The maximum atomic E-state index is 12.9. The van der Waals surface area contributed by atoms with Crippen molar-refractivity contribution in [3.63, 3.8) is 0 Å². The molecule has 0 saturated carbocycles. The first-order chi connectivity index (χ1) is 11.3. The van der Waals surface area contributed by atoms with Crippen molar-refractivity contribution in [2.24, 2.45) is 0 Å². The van der Waals surface area contributed by atoms with Crippen LogP contribution in [0.4, 0.5) is 18.9 Å². The van der Waals surface area contributed by atoms with Crippen molar-refractivity contribution in [2.75, 3.05) is 12.4 Å². The van der Waals surface area contributed by atoms with Gasteiger partial charge in [-0.2, -0.15) is 13.2 Å². The Labute approximate surface area is 145 Å². The number of carbonyl (C=O) groups is 1. The summed E-state index contributed by atoms with van der Waals surface area (Å²) in [6.45, 7) is 0. The van der Waals surface area contributed by atoms with E-state index >= 15 is 0 Å². The fraction of sp³-hybridized carbons (Fsp3) is 0.118. The van der Waals surface area contributed by atoms with Crippen LogP contribution in [0.15, 0.2) is 53.0 Å². The van der Waals surface area contributed by atoms with E-state index in [4.69, 9.17) is 4.74 Å². The molecule has 0 radical (unpaired) electrons. The van der Waals surface area contributed by atoms with Crippen LogP contribution in [-0.4, -0.2) is 13.0 Å². The summed E-state index contributed by atoms with van der Waals surface area (Å²) in [5.74, 6) is -0.133. The van der Waals surface area contributed by atoms with E-state index in [9.17, 15) is 18.0 Å². The molecule has 1 amide bonds. The zero-order valence-electron chi connectivity index (χ0n) is 12.5. The summed E-state index contributed by atoms with van der Waals surface area (Å²) >= 11 is 3.30. The second-order valence-electron chi connectivity index (χ2n) is 4.75. The number of nitrogens with one attached hydrogen (secondary N) is 1. The highest BCUT2D eigenvalue weighted by Gasteiger charge is 2.33. The average molecular weight is 400 g/mol. The minimum Gasteiger partial charge on any atom is -0.496 e. The summed E-state index contributed by atoms with van der Waals surface area (Å²) in [5.41, 5.74) is -0.571. The molecule has 2 rings (SSSR count). The van der Waals surface area contributed by atoms with Gasteiger partial charge < -0.3 is 10.1 Å². The van der Waals surface area contributed by atoms with E-state index in [1.165, 1.54) is 31.4 Å². The van der Waals surface area contributed by atoms with Crippen LogP contribution < -0.4 is 10.1 Å².